The molecule has 2 fully saturated rings. The minimum Gasteiger partial charge on any atom is -0.444 e. The predicted molar refractivity (Wildman–Crippen MR) is 76.0 cm³/mol. The number of nitrogens with one attached hydrogen (secondary N) is 1. The van der Waals surface area contributed by atoms with Crippen LogP contribution in [0.5, 0.6) is 0 Å². The maximum Gasteiger partial charge on any atom is 0.408 e. The zero-order chi connectivity index (χ0) is 13.4. The van der Waals surface area contributed by atoms with E-state index in [0.29, 0.717) is 0 Å². The van der Waals surface area contributed by atoms with Gasteiger partial charge in [0.15, 0.2) is 0 Å². The first-order valence-corrected chi connectivity index (χ1v) is 8.01. The second-order valence-corrected chi connectivity index (χ2v) is 8.11. The number of hydrogen-bond donors (Lipinski definition) is 1. The molecule has 0 aromatic rings. The summed E-state index contributed by atoms with van der Waals surface area (Å²) in [7, 11) is 0. The molecular formula is C14H25NO2S. The summed E-state index contributed by atoms with van der Waals surface area (Å²) in [5.74, 6) is 2.43. The van der Waals surface area contributed by atoms with Crippen LogP contribution in [0.3, 0.4) is 0 Å². The number of amides is 1. The molecule has 0 atom stereocenters. The summed E-state index contributed by atoms with van der Waals surface area (Å²) in [6.45, 7) is 8.05. The molecule has 0 bridgehead atoms. The van der Waals surface area contributed by atoms with E-state index in [2.05, 4.69) is 12.2 Å². The molecule has 0 radical (unpaired) electrons. The van der Waals surface area contributed by atoms with Gasteiger partial charge >= 0.3 is 6.09 Å². The molecule has 1 aliphatic carbocycles. The number of alkyl carbamates (subject to hydrolysis) is 1. The molecule has 0 aromatic carbocycles. The van der Waals surface area contributed by atoms with E-state index in [0.717, 1.165) is 12.8 Å². The number of carbonyl (C=O) groups excluding carboxylic acids is 1. The van der Waals surface area contributed by atoms with Crippen molar-refractivity contribution in [1.82, 2.24) is 5.32 Å². The maximum absolute atomic E-state index is 12.0. The van der Waals surface area contributed by atoms with Crippen LogP contribution in [0.2, 0.25) is 0 Å². The topological polar surface area (TPSA) is 38.3 Å². The fraction of sp³-hybridized carbons (Fsp3) is 0.929. The number of ether oxygens (including phenoxy) is 1. The van der Waals surface area contributed by atoms with Gasteiger partial charge in [-0.1, -0.05) is 6.92 Å². The first-order chi connectivity index (χ1) is 8.27. The third-order valence-electron chi connectivity index (χ3n) is 4.24. The van der Waals surface area contributed by atoms with Gasteiger partial charge in [-0.3, -0.25) is 0 Å². The summed E-state index contributed by atoms with van der Waals surface area (Å²) in [6, 6.07) is 0. The largest absolute Gasteiger partial charge is 0.444 e. The van der Waals surface area contributed by atoms with E-state index in [1.165, 1.54) is 24.3 Å². The number of thioether (sulfide) groups is 1. The first kappa shape index (κ1) is 14.0. The third kappa shape index (κ3) is 2.95. The second-order valence-electron chi connectivity index (χ2n) is 6.88. The van der Waals surface area contributed by atoms with Crippen LogP contribution in [-0.4, -0.2) is 28.7 Å². The lowest BCUT2D eigenvalue weighted by Crippen LogP contribution is -2.51. The lowest BCUT2D eigenvalue weighted by atomic mass is 9.75. The van der Waals surface area contributed by atoms with Gasteiger partial charge in [0.25, 0.3) is 0 Å². The summed E-state index contributed by atoms with van der Waals surface area (Å²) in [5.41, 5.74) is -0.144. The van der Waals surface area contributed by atoms with Crippen LogP contribution >= 0.6 is 11.8 Å². The molecule has 1 saturated heterocycles. The Kier molecular flexibility index (Phi) is 3.60. The predicted octanol–water partition coefficient (Wildman–Crippen LogP) is 3.58. The zero-order valence-corrected chi connectivity index (χ0v) is 12.8. The van der Waals surface area contributed by atoms with E-state index >= 15 is 0 Å². The van der Waals surface area contributed by atoms with Gasteiger partial charge in [-0.05, 0) is 63.4 Å². The monoisotopic (exact) mass is 271 g/mol. The van der Waals surface area contributed by atoms with Crippen molar-refractivity contribution in [2.45, 2.75) is 64.5 Å². The van der Waals surface area contributed by atoms with Crippen molar-refractivity contribution in [2.24, 2.45) is 5.41 Å². The van der Waals surface area contributed by atoms with E-state index < -0.39 is 5.60 Å². The fourth-order valence-electron chi connectivity index (χ4n) is 2.80. The van der Waals surface area contributed by atoms with Crippen molar-refractivity contribution in [1.29, 1.82) is 0 Å². The summed E-state index contributed by atoms with van der Waals surface area (Å²) < 4.78 is 5.39. The van der Waals surface area contributed by atoms with Crippen molar-refractivity contribution in [2.75, 3.05) is 11.5 Å². The molecule has 1 N–H and O–H groups in total. The highest BCUT2D eigenvalue weighted by Gasteiger charge is 2.57. The Bertz CT molecular complexity index is 325. The van der Waals surface area contributed by atoms with Crippen LogP contribution < -0.4 is 5.32 Å². The van der Waals surface area contributed by atoms with Gasteiger partial charge in [0, 0.05) is 5.54 Å². The molecule has 0 spiro atoms. The summed E-state index contributed by atoms with van der Waals surface area (Å²) in [6.07, 6.45) is 4.36. The van der Waals surface area contributed by atoms with E-state index in [9.17, 15) is 4.79 Å². The molecule has 1 saturated carbocycles. The number of rotatable bonds is 2. The Morgan fingerprint density at radius 3 is 2.17 bits per heavy atom. The van der Waals surface area contributed by atoms with Crippen LogP contribution in [0.15, 0.2) is 0 Å². The van der Waals surface area contributed by atoms with Crippen molar-refractivity contribution in [3.05, 3.63) is 0 Å². The molecule has 104 valence electrons. The minimum absolute atomic E-state index is 0.0102. The SMILES string of the molecule is CC(C)(C)OC(=O)NC1(C2(C)CCSCC2)CC1. The first-order valence-electron chi connectivity index (χ1n) is 6.85. The highest BCUT2D eigenvalue weighted by Crippen LogP contribution is 2.56. The van der Waals surface area contributed by atoms with Crippen molar-refractivity contribution >= 4 is 17.9 Å². The molecule has 0 unspecified atom stereocenters. The van der Waals surface area contributed by atoms with Gasteiger partial charge < -0.3 is 10.1 Å². The fourth-order valence-corrected chi connectivity index (χ4v) is 4.20. The van der Waals surface area contributed by atoms with Gasteiger partial charge in [0.05, 0.1) is 0 Å². The zero-order valence-electron chi connectivity index (χ0n) is 12.0. The third-order valence-corrected chi connectivity index (χ3v) is 5.23. The molecule has 1 heterocycles. The highest BCUT2D eigenvalue weighted by atomic mass is 32.2. The second kappa shape index (κ2) is 4.62. The van der Waals surface area contributed by atoms with Crippen LogP contribution in [0.1, 0.15) is 53.4 Å². The Labute approximate surface area is 114 Å². The highest BCUT2D eigenvalue weighted by molar-refractivity contribution is 7.99. The average molecular weight is 271 g/mol. The summed E-state index contributed by atoms with van der Waals surface area (Å²) in [4.78, 5) is 12.0. The Morgan fingerprint density at radius 2 is 1.72 bits per heavy atom. The van der Waals surface area contributed by atoms with E-state index in [-0.39, 0.29) is 17.0 Å². The van der Waals surface area contributed by atoms with E-state index in [1.54, 1.807) is 0 Å². The smallest absolute Gasteiger partial charge is 0.408 e. The van der Waals surface area contributed by atoms with Gasteiger partial charge in [-0.15, -0.1) is 0 Å². The quantitative estimate of drug-likeness (QED) is 0.834. The van der Waals surface area contributed by atoms with Crippen molar-refractivity contribution in [3.8, 4) is 0 Å². The normalized spacial score (nSPS) is 25.3. The lowest BCUT2D eigenvalue weighted by molar-refractivity contribution is 0.0418. The Morgan fingerprint density at radius 1 is 1.17 bits per heavy atom. The van der Waals surface area contributed by atoms with Crippen LogP contribution in [0.4, 0.5) is 4.79 Å². The summed E-state index contributed by atoms with van der Waals surface area (Å²) >= 11 is 2.03. The average Bonchev–Trinajstić information content (AvgIpc) is 2.97. The van der Waals surface area contributed by atoms with Crippen molar-refractivity contribution in [3.63, 3.8) is 0 Å². The summed E-state index contributed by atoms with van der Waals surface area (Å²) in [5, 5.41) is 3.16. The molecule has 18 heavy (non-hydrogen) atoms. The minimum atomic E-state index is -0.413. The lowest BCUT2D eigenvalue weighted by Gasteiger charge is -2.41. The molecule has 3 nitrogen and oxygen atoms in total. The van der Waals surface area contributed by atoms with Gasteiger partial charge in [-0.25, -0.2) is 4.79 Å². The Balaban J connectivity index is 1.97. The van der Waals surface area contributed by atoms with Gasteiger partial charge in [0.2, 0.25) is 0 Å². The van der Waals surface area contributed by atoms with Crippen LogP contribution in [-0.2, 0) is 4.74 Å². The number of carbonyl (C=O) groups is 1. The standard InChI is InChI=1S/C14H25NO2S/c1-12(2,3)17-11(16)15-14(5-6-14)13(4)7-9-18-10-8-13/h5-10H2,1-4H3,(H,15,16). The van der Waals surface area contributed by atoms with E-state index in [1.807, 2.05) is 32.5 Å². The molecule has 1 amide bonds. The van der Waals surface area contributed by atoms with E-state index in [4.69, 9.17) is 4.74 Å². The maximum atomic E-state index is 12.0. The van der Waals surface area contributed by atoms with Gasteiger partial charge in [0.1, 0.15) is 5.60 Å². The number of hydrogen-bond acceptors (Lipinski definition) is 3. The van der Waals surface area contributed by atoms with Crippen molar-refractivity contribution < 1.29 is 9.53 Å². The van der Waals surface area contributed by atoms with Crippen LogP contribution in [0, 0.1) is 5.41 Å². The molecule has 2 rings (SSSR count). The molecule has 2 aliphatic rings. The molecular weight excluding hydrogens is 246 g/mol. The molecule has 0 aromatic heterocycles. The Hall–Kier alpha value is -0.380. The van der Waals surface area contributed by atoms with Crippen LogP contribution in [0.25, 0.3) is 0 Å². The molecule has 4 heteroatoms. The molecule has 1 aliphatic heterocycles. The van der Waals surface area contributed by atoms with Gasteiger partial charge in [-0.2, -0.15) is 11.8 Å².